The lowest BCUT2D eigenvalue weighted by molar-refractivity contribution is 0.0939. The van der Waals surface area contributed by atoms with Crippen LogP contribution in [0.4, 0.5) is 0 Å². The normalized spacial score (nSPS) is 13.6. The molecule has 1 aliphatic heterocycles. The topological polar surface area (TPSA) is 67.8 Å². The standard InChI is InChI=1S/C18H19NO4S/c1-24-17-5-3-2-4-13(17)18(21)19-9-8-14(20)12-6-7-15-16(10-12)23-11-22-15/h2-7,10,14,20H,8-9,11H2,1H3,(H,19,21)/t14-/m1/s1. The minimum atomic E-state index is -0.671. The van der Waals surface area contributed by atoms with Crippen molar-refractivity contribution in [3.8, 4) is 11.5 Å². The number of amides is 1. The molecule has 0 unspecified atom stereocenters. The Kier molecular flexibility index (Phi) is 5.27. The molecule has 0 radical (unpaired) electrons. The molecule has 1 amide bonds. The number of fused-ring (bicyclic) bond motifs is 1. The Morgan fingerprint density at radius 2 is 2.04 bits per heavy atom. The summed E-state index contributed by atoms with van der Waals surface area (Å²) in [5.41, 5.74) is 1.40. The van der Waals surface area contributed by atoms with Crippen LogP contribution in [-0.4, -0.2) is 30.6 Å². The molecule has 2 N–H and O–H groups in total. The molecule has 126 valence electrons. The third-order valence-electron chi connectivity index (χ3n) is 3.84. The summed E-state index contributed by atoms with van der Waals surface area (Å²) >= 11 is 1.54. The fraction of sp³-hybridized carbons (Fsp3) is 0.278. The minimum Gasteiger partial charge on any atom is -0.454 e. The highest BCUT2D eigenvalue weighted by molar-refractivity contribution is 7.98. The van der Waals surface area contributed by atoms with Crippen LogP contribution in [0.2, 0.25) is 0 Å². The van der Waals surface area contributed by atoms with E-state index in [0.29, 0.717) is 30.0 Å². The van der Waals surface area contributed by atoms with Gasteiger partial charge in [-0.3, -0.25) is 4.79 Å². The largest absolute Gasteiger partial charge is 0.454 e. The van der Waals surface area contributed by atoms with Gasteiger partial charge in [0.25, 0.3) is 5.91 Å². The molecule has 1 atom stereocenters. The zero-order valence-corrected chi connectivity index (χ0v) is 14.1. The van der Waals surface area contributed by atoms with E-state index in [2.05, 4.69) is 5.32 Å². The number of nitrogens with one attached hydrogen (secondary N) is 1. The van der Waals surface area contributed by atoms with Gasteiger partial charge in [0.15, 0.2) is 11.5 Å². The van der Waals surface area contributed by atoms with Crippen LogP contribution in [0.25, 0.3) is 0 Å². The number of thioether (sulfide) groups is 1. The summed E-state index contributed by atoms with van der Waals surface area (Å²) in [6, 6.07) is 12.8. The van der Waals surface area contributed by atoms with Crippen molar-refractivity contribution in [1.29, 1.82) is 0 Å². The van der Waals surface area contributed by atoms with Gasteiger partial charge in [-0.25, -0.2) is 0 Å². The number of carbonyl (C=O) groups is 1. The van der Waals surface area contributed by atoms with E-state index in [4.69, 9.17) is 9.47 Å². The number of carbonyl (C=O) groups excluding carboxylic acids is 1. The highest BCUT2D eigenvalue weighted by Gasteiger charge is 2.17. The second kappa shape index (κ2) is 7.59. The van der Waals surface area contributed by atoms with E-state index < -0.39 is 6.10 Å². The van der Waals surface area contributed by atoms with E-state index in [9.17, 15) is 9.90 Å². The smallest absolute Gasteiger partial charge is 0.252 e. The highest BCUT2D eigenvalue weighted by atomic mass is 32.2. The molecule has 0 saturated carbocycles. The van der Waals surface area contributed by atoms with E-state index >= 15 is 0 Å². The van der Waals surface area contributed by atoms with Crippen LogP contribution >= 0.6 is 11.8 Å². The second-order valence-electron chi connectivity index (χ2n) is 5.37. The molecule has 0 saturated heterocycles. The van der Waals surface area contributed by atoms with Gasteiger partial charge < -0.3 is 19.9 Å². The minimum absolute atomic E-state index is 0.127. The van der Waals surface area contributed by atoms with E-state index in [1.54, 1.807) is 18.2 Å². The SMILES string of the molecule is CSc1ccccc1C(=O)NCC[C@@H](O)c1ccc2c(c1)OCO2. The Hall–Kier alpha value is -2.18. The van der Waals surface area contributed by atoms with Gasteiger partial charge >= 0.3 is 0 Å². The molecule has 0 spiro atoms. The molecular weight excluding hydrogens is 326 g/mol. The van der Waals surface area contributed by atoms with Gasteiger partial charge in [0, 0.05) is 11.4 Å². The average molecular weight is 345 g/mol. The molecule has 0 aromatic heterocycles. The molecular formula is C18H19NO4S. The predicted octanol–water partition coefficient (Wildman–Crippen LogP) is 2.99. The van der Waals surface area contributed by atoms with Gasteiger partial charge in [-0.15, -0.1) is 11.8 Å². The van der Waals surface area contributed by atoms with Gasteiger partial charge in [-0.1, -0.05) is 18.2 Å². The van der Waals surface area contributed by atoms with Crippen molar-refractivity contribution in [2.24, 2.45) is 0 Å². The number of aliphatic hydroxyl groups excluding tert-OH is 1. The number of aliphatic hydroxyl groups is 1. The molecule has 6 heteroatoms. The molecule has 2 aromatic rings. The van der Waals surface area contributed by atoms with Gasteiger partial charge in [0.1, 0.15) is 0 Å². The first-order valence-corrected chi connectivity index (χ1v) is 8.90. The van der Waals surface area contributed by atoms with Crippen molar-refractivity contribution >= 4 is 17.7 Å². The Morgan fingerprint density at radius 3 is 2.88 bits per heavy atom. The van der Waals surface area contributed by atoms with Gasteiger partial charge in [-0.2, -0.15) is 0 Å². The lowest BCUT2D eigenvalue weighted by Crippen LogP contribution is -2.26. The summed E-state index contributed by atoms with van der Waals surface area (Å²) in [6.45, 7) is 0.594. The molecule has 2 aromatic carbocycles. The van der Waals surface area contributed by atoms with Gasteiger partial charge in [-0.05, 0) is 42.5 Å². The summed E-state index contributed by atoms with van der Waals surface area (Å²) in [6.07, 6.45) is 1.69. The van der Waals surface area contributed by atoms with E-state index in [1.165, 1.54) is 11.8 Å². The maximum absolute atomic E-state index is 12.3. The zero-order chi connectivity index (χ0) is 16.9. The van der Waals surface area contributed by atoms with Gasteiger partial charge in [0.2, 0.25) is 6.79 Å². The molecule has 1 heterocycles. The summed E-state index contributed by atoms with van der Waals surface area (Å²) < 4.78 is 10.6. The molecule has 0 bridgehead atoms. The Morgan fingerprint density at radius 1 is 1.25 bits per heavy atom. The van der Waals surface area contributed by atoms with Crippen LogP contribution in [-0.2, 0) is 0 Å². The average Bonchev–Trinajstić information content (AvgIpc) is 3.09. The van der Waals surface area contributed by atoms with Crippen LogP contribution in [0.1, 0.15) is 28.4 Å². The monoisotopic (exact) mass is 345 g/mol. The van der Waals surface area contributed by atoms with E-state index in [-0.39, 0.29) is 12.7 Å². The molecule has 1 aliphatic rings. The lowest BCUT2D eigenvalue weighted by Gasteiger charge is -2.13. The fourth-order valence-electron chi connectivity index (χ4n) is 2.54. The third-order valence-corrected chi connectivity index (χ3v) is 4.63. The first-order valence-electron chi connectivity index (χ1n) is 7.68. The lowest BCUT2D eigenvalue weighted by atomic mass is 10.1. The van der Waals surface area contributed by atoms with Crippen LogP contribution in [0.3, 0.4) is 0 Å². The van der Waals surface area contributed by atoms with Crippen molar-refractivity contribution < 1.29 is 19.4 Å². The van der Waals surface area contributed by atoms with E-state index in [0.717, 1.165) is 10.5 Å². The number of ether oxygens (including phenoxy) is 2. The van der Waals surface area contributed by atoms with Crippen LogP contribution in [0.15, 0.2) is 47.4 Å². The number of hydrogen-bond acceptors (Lipinski definition) is 5. The fourth-order valence-corrected chi connectivity index (χ4v) is 3.13. The van der Waals surface area contributed by atoms with E-state index in [1.807, 2.05) is 30.5 Å². The van der Waals surface area contributed by atoms with Crippen molar-refractivity contribution in [3.63, 3.8) is 0 Å². The van der Waals surface area contributed by atoms with Crippen molar-refractivity contribution in [1.82, 2.24) is 5.32 Å². The van der Waals surface area contributed by atoms with Crippen LogP contribution < -0.4 is 14.8 Å². The van der Waals surface area contributed by atoms with Crippen molar-refractivity contribution in [3.05, 3.63) is 53.6 Å². The predicted molar refractivity (Wildman–Crippen MR) is 92.7 cm³/mol. The number of benzene rings is 2. The van der Waals surface area contributed by atoms with Crippen LogP contribution in [0.5, 0.6) is 11.5 Å². The summed E-state index contributed by atoms with van der Waals surface area (Å²) in [5.74, 6) is 1.20. The Bertz CT molecular complexity index is 735. The Balaban J connectivity index is 1.55. The zero-order valence-electron chi connectivity index (χ0n) is 13.3. The summed E-state index contributed by atoms with van der Waals surface area (Å²) in [4.78, 5) is 13.2. The van der Waals surface area contributed by atoms with Crippen LogP contribution in [0, 0.1) is 0 Å². The van der Waals surface area contributed by atoms with Crippen molar-refractivity contribution in [2.45, 2.75) is 17.4 Å². The maximum atomic E-state index is 12.3. The molecule has 24 heavy (non-hydrogen) atoms. The second-order valence-corrected chi connectivity index (χ2v) is 6.22. The first-order chi connectivity index (χ1) is 11.7. The summed E-state index contributed by atoms with van der Waals surface area (Å²) in [5, 5.41) is 13.1. The third kappa shape index (κ3) is 3.66. The quantitative estimate of drug-likeness (QED) is 0.788. The number of hydrogen-bond donors (Lipinski definition) is 2. The molecule has 0 fully saturated rings. The molecule has 0 aliphatic carbocycles. The Labute approximate surface area is 145 Å². The molecule has 5 nitrogen and oxygen atoms in total. The first kappa shape index (κ1) is 16.7. The number of rotatable bonds is 6. The van der Waals surface area contributed by atoms with Gasteiger partial charge in [0.05, 0.1) is 11.7 Å². The highest BCUT2D eigenvalue weighted by Crippen LogP contribution is 2.34. The van der Waals surface area contributed by atoms with Crippen molar-refractivity contribution in [2.75, 3.05) is 19.6 Å². The maximum Gasteiger partial charge on any atom is 0.252 e. The summed E-state index contributed by atoms with van der Waals surface area (Å²) in [7, 11) is 0. The molecule has 3 rings (SSSR count).